The topological polar surface area (TPSA) is 89.5 Å². The van der Waals surface area contributed by atoms with Gasteiger partial charge in [-0.15, -0.1) is 0 Å². The lowest BCUT2D eigenvalue weighted by molar-refractivity contribution is -0.151. The fourth-order valence-electron chi connectivity index (χ4n) is 4.52. The van der Waals surface area contributed by atoms with E-state index in [-0.39, 0.29) is 23.4 Å². The lowest BCUT2D eigenvalue weighted by atomic mass is 9.52. The number of hydrogen-bond donors (Lipinski definition) is 1. The average Bonchev–Trinajstić information content (AvgIpc) is 2.37. The zero-order valence-corrected chi connectivity index (χ0v) is 12.5. The lowest BCUT2D eigenvalue weighted by Gasteiger charge is -2.50. The SMILES string of the molecule is CC12CC3CC(C(=O)NS(C)(=O)=O)(CC(C1)C(=O)O3)C2. The molecular weight excluding hydrogens is 282 g/mol. The van der Waals surface area contributed by atoms with Gasteiger partial charge in [-0.1, -0.05) is 6.92 Å². The molecule has 7 heteroatoms. The Labute approximate surface area is 118 Å². The average molecular weight is 301 g/mol. The van der Waals surface area contributed by atoms with Crippen LogP contribution in [0.25, 0.3) is 0 Å². The van der Waals surface area contributed by atoms with Gasteiger partial charge in [-0.3, -0.25) is 14.3 Å². The first-order valence-corrected chi connectivity index (χ1v) is 8.73. The molecule has 0 spiro atoms. The largest absolute Gasteiger partial charge is 0.462 e. The highest BCUT2D eigenvalue weighted by molar-refractivity contribution is 7.89. The van der Waals surface area contributed by atoms with E-state index >= 15 is 0 Å². The molecule has 4 fully saturated rings. The van der Waals surface area contributed by atoms with E-state index in [0.717, 1.165) is 19.1 Å². The minimum Gasteiger partial charge on any atom is -0.462 e. The van der Waals surface area contributed by atoms with Gasteiger partial charge in [-0.2, -0.15) is 0 Å². The molecule has 20 heavy (non-hydrogen) atoms. The molecule has 1 amide bonds. The number of ether oxygens (including phenoxy) is 1. The van der Waals surface area contributed by atoms with Crippen LogP contribution in [0.15, 0.2) is 0 Å². The van der Waals surface area contributed by atoms with Gasteiger partial charge in [0.15, 0.2) is 0 Å². The maximum atomic E-state index is 12.5. The summed E-state index contributed by atoms with van der Waals surface area (Å²) in [6.07, 6.45) is 3.68. The Morgan fingerprint density at radius 1 is 1.30 bits per heavy atom. The summed E-state index contributed by atoms with van der Waals surface area (Å²) in [6.45, 7) is 2.07. The van der Waals surface area contributed by atoms with Crippen molar-refractivity contribution in [2.24, 2.45) is 16.7 Å². The van der Waals surface area contributed by atoms with Crippen LogP contribution in [0.5, 0.6) is 0 Å². The number of esters is 1. The van der Waals surface area contributed by atoms with E-state index in [1.807, 2.05) is 0 Å². The minimum atomic E-state index is -3.59. The third-order valence-electron chi connectivity index (χ3n) is 4.86. The highest BCUT2D eigenvalue weighted by Crippen LogP contribution is 2.60. The van der Waals surface area contributed by atoms with Crippen LogP contribution in [-0.4, -0.2) is 32.7 Å². The first-order valence-electron chi connectivity index (χ1n) is 6.84. The van der Waals surface area contributed by atoms with Gasteiger partial charge in [0.05, 0.1) is 17.6 Å². The van der Waals surface area contributed by atoms with E-state index in [4.69, 9.17) is 4.74 Å². The number of amides is 1. The van der Waals surface area contributed by atoms with E-state index in [2.05, 4.69) is 11.6 Å². The molecule has 4 aliphatic rings. The number of rotatable bonds is 2. The first kappa shape index (κ1) is 13.9. The van der Waals surface area contributed by atoms with E-state index in [1.54, 1.807) is 0 Å². The predicted molar refractivity (Wildman–Crippen MR) is 70.0 cm³/mol. The molecule has 6 nitrogen and oxygen atoms in total. The monoisotopic (exact) mass is 301 g/mol. The molecule has 0 aromatic rings. The van der Waals surface area contributed by atoms with Crippen molar-refractivity contribution < 1.29 is 22.7 Å². The summed E-state index contributed by atoms with van der Waals surface area (Å²) in [4.78, 5) is 24.4. The molecule has 4 atom stereocenters. The van der Waals surface area contributed by atoms with Crippen molar-refractivity contribution in [3.05, 3.63) is 0 Å². The fraction of sp³-hybridized carbons (Fsp3) is 0.846. The van der Waals surface area contributed by atoms with Crippen molar-refractivity contribution >= 4 is 21.9 Å². The maximum Gasteiger partial charge on any atom is 0.309 e. The quantitative estimate of drug-likeness (QED) is 0.753. The second-order valence-corrected chi connectivity index (χ2v) is 8.79. The molecule has 112 valence electrons. The number of sulfonamides is 1. The second-order valence-electron chi connectivity index (χ2n) is 7.04. The van der Waals surface area contributed by atoms with Gasteiger partial charge >= 0.3 is 5.97 Å². The van der Waals surface area contributed by atoms with Crippen molar-refractivity contribution in [1.82, 2.24) is 4.72 Å². The van der Waals surface area contributed by atoms with Crippen molar-refractivity contribution in [2.75, 3.05) is 6.26 Å². The van der Waals surface area contributed by atoms with Crippen LogP contribution in [0.4, 0.5) is 0 Å². The summed E-state index contributed by atoms with van der Waals surface area (Å²) < 4.78 is 30.2. The van der Waals surface area contributed by atoms with Crippen molar-refractivity contribution in [3.8, 4) is 0 Å². The summed E-state index contributed by atoms with van der Waals surface area (Å²) in [7, 11) is -3.59. The van der Waals surface area contributed by atoms with Gasteiger partial charge < -0.3 is 4.74 Å². The van der Waals surface area contributed by atoms with Gasteiger partial charge in [-0.25, -0.2) is 8.42 Å². The molecule has 0 radical (unpaired) electrons. The molecule has 2 saturated heterocycles. The standard InChI is InChI=1S/C13H19NO5S/c1-12-3-8-4-13(7-12,11(16)14-20(2,17)18)6-9(5-12)19-10(8)15/h8-9H,3-7H2,1-2H3,(H,14,16). The summed E-state index contributed by atoms with van der Waals surface area (Å²) >= 11 is 0. The zero-order chi connectivity index (χ0) is 14.8. The predicted octanol–water partition coefficient (Wildman–Crippen LogP) is 0.574. The number of fused-ring (bicyclic) bond motifs is 1. The van der Waals surface area contributed by atoms with Crippen LogP contribution in [0, 0.1) is 16.7 Å². The molecular formula is C13H19NO5S. The molecule has 4 bridgehead atoms. The highest BCUT2D eigenvalue weighted by Gasteiger charge is 2.60. The number of nitrogens with one attached hydrogen (secondary N) is 1. The normalized spacial score (nSPS) is 43.0. The minimum absolute atomic E-state index is 0.118. The molecule has 4 rings (SSSR count). The molecule has 0 aromatic carbocycles. The molecule has 2 heterocycles. The maximum absolute atomic E-state index is 12.5. The van der Waals surface area contributed by atoms with Gasteiger partial charge in [0, 0.05) is 0 Å². The summed E-state index contributed by atoms with van der Waals surface area (Å²) in [5.74, 6) is -0.988. The van der Waals surface area contributed by atoms with Crippen molar-refractivity contribution in [3.63, 3.8) is 0 Å². The van der Waals surface area contributed by atoms with Gasteiger partial charge in [0.1, 0.15) is 6.10 Å². The van der Waals surface area contributed by atoms with Crippen LogP contribution in [0.1, 0.15) is 39.0 Å². The lowest BCUT2D eigenvalue weighted by Crippen LogP contribution is -2.53. The highest BCUT2D eigenvalue weighted by atomic mass is 32.2. The Morgan fingerprint density at radius 2 is 2.00 bits per heavy atom. The van der Waals surface area contributed by atoms with E-state index < -0.39 is 21.3 Å². The summed E-state index contributed by atoms with van der Waals surface area (Å²) in [6, 6.07) is 0. The van der Waals surface area contributed by atoms with Crippen LogP contribution in [0.2, 0.25) is 0 Å². The van der Waals surface area contributed by atoms with Gasteiger partial charge in [0.2, 0.25) is 15.9 Å². The van der Waals surface area contributed by atoms with Gasteiger partial charge in [0.25, 0.3) is 0 Å². The van der Waals surface area contributed by atoms with E-state index in [1.165, 1.54) is 0 Å². The van der Waals surface area contributed by atoms with Crippen molar-refractivity contribution in [2.45, 2.75) is 45.1 Å². The number of carbonyl (C=O) groups is 2. The Hall–Kier alpha value is -1.11. The van der Waals surface area contributed by atoms with Crippen molar-refractivity contribution in [1.29, 1.82) is 0 Å². The number of hydrogen-bond acceptors (Lipinski definition) is 5. The Morgan fingerprint density at radius 3 is 2.65 bits per heavy atom. The van der Waals surface area contributed by atoms with Crippen LogP contribution in [-0.2, 0) is 24.3 Å². The third-order valence-corrected chi connectivity index (χ3v) is 5.41. The second kappa shape index (κ2) is 3.96. The van der Waals surface area contributed by atoms with E-state index in [9.17, 15) is 18.0 Å². The van der Waals surface area contributed by atoms with E-state index in [0.29, 0.717) is 19.3 Å². The van der Waals surface area contributed by atoms with Crippen LogP contribution >= 0.6 is 0 Å². The number of carbonyl (C=O) groups excluding carboxylic acids is 2. The smallest absolute Gasteiger partial charge is 0.309 e. The molecule has 2 saturated carbocycles. The summed E-state index contributed by atoms with van der Waals surface area (Å²) in [5.41, 5.74) is -0.900. The first-order chi connectivity index (χ1) is 9.11. The van der Waals surface area contributed by atoms with Gasteiger partial charge in [-0.05, 0) is 37.5 Å². The molecule has 1 N–H and O–H groups in total. The third kappa shape index (κ3) is 2.21. The Bertz CT molecular complexity index is 586. The Kier molecular flexibility index (Phi) is 2.74. The molecule has 4 unspecified atom stereocenters. The fourth-order valence-corrected chi connectivity index (χ4v) is 5.07. The molecule has 2 aliphatic carbocycles. The Balaban J connectivity index is 1.97. The molecule has 0 aromatic heterocycles. The zero-order valence-electron chi connectivity index (χ0n) is 11.6. The van der Waals surface area contributed by atoms with Crippen LogP contribution < -0.4 is 4.72 Å². The summed E-state index contributed by atoms with van der Waals surface area (Å²) in [5, 5.41) is 0. The molecule has 2 aliphatic heterocycles. The van der Waals surface area contributed by atoms with Crippen LogP contribution in [0.3, 0.4) is 0 Å².